The number of nitrogens with zero attached hydrogens (tertiary/aromatic N) is 1. The highest BCUT2D eigenvalue weighted by Crippen LogP contribution is 2.02. The van der Waals surface area contributed by atoms with Gasteiger partial charge in [-0.2, -0.15) is 0 Å². The first-order chi connectivity index (χ1) is 9.69. The number of benzene rings is 1. The Balaban J connectivity index is 2.58. The van der Waals surface area contributed by atoms with E-state index < -0.39 is 0 Å². The molecule has 0 aromatic heterocycles. The van der Waals surface area contributed by atoms with E-state index in [1.807, 2.05) is 18.2 Å². The highest BCUT2D eigenvalue weighted by atomic mass is 32.1. The highest BCUT2D eigenvalue weighted by molar-refractivity contribution is 7.80. The first kappa shape index (κ1) is 16.6. The summed E-state index contributed by atoms with van der Waals surface area (Å²) in [6, 6.07) is 9.18. The Labute approximate surface area is 127 Å². The number of thiocarbonyl (C=S) groups is 1. The molecule has 0 saturated carbocycles. The second kappa shape index (κ2) is 9.48. The predicted molar refractivity (Wildman–Crippen MR) is 87.9 cm³/mol. The Hall–Kier alpha value is -1.42. The summed E-state index contributed by atoms with van der Waals surface area (Å²) in [4.78, 5) is 14.2. The van der Waals surface area contributed by atoms with Gasteiger partial charge in [0.15, 0.2) is 5.11 Å². The Bertz CT molecular complexity index is 412. The van der Waals surface area contributed by atoms with Crippen molar-refractivity contribution in [2.75, 3.05) is 13.1 Å². The molecule has 0 aliphatic heterocycles. The molecule has 0 spiro atoms. The van der Waals surface area contributed by atoms with Crippen LogP contribution >= 0.6 is 12.2 Å². The molecule has 4 heteroatoms. The third-order valence-electron chi connectivity index (χ3n) is 3.11. The molecule has 0 bridgehead atoms. The van der Waals surface area contributed by atoms with Crippen molar-refractivity contribution in [2.45, 2.75) is 39.5 Å². The normalized spacial score (nSPS) is 10.1. The van der Waals surface area contributed by atoms with Crippen molar-refractivity contribution in [1.29, 1.82) is 0 Å². The summed E-state index contributed by atoms with van der Waals surface area (Å²) in [7, 11) is 0. The molecule has 0 radical (unpaired) electrons. The summed E-state index contributed by atoms with van der Waals surface area (Å²) >= 11 is 5.37. The lowest BCUT2D eigenvalue weighted by Gasteiger charge is -2.25. The maximum atomic E-state index is 12.1. The van der Waals surface area contributed by atoms with Crippen LogP contribution in [0.15, 0.2) is 30.3 Å². The van der Waals surface area contributed by atoms with E-state index in [-0.39, 0.29) is 5.91 Å². The van der Waals surface area contributed by atoms with Crippen molar-refractivity contribution in [2.24, 2.45) is 0 Å². The third kappa shape index (κ3) is 5.70. The summed E-state index contributed by atoms with van der Waals surface area (Å²) in [6.45, 7) is 6.13. The van der Waals surface area contributed by atoms with Gasteiger partial charge in [-0.05, 0) is 37.2 Å². The molecule has 0 aliphatic carbocycles. The number of carbonyl (C=O) groups is 1. The molecule has 1 amide bonds. The number of hydrogen-bond donors (Lipinski definition) is 1. The zero-order chi connectivity index (χ0) is 14.8. The zero-order valence-electron chi connectivity index (χ0n) is 12.4. The van der Waals surface area contributed by atoms with Crippen molar-refractivity contribution in [1.82, 2.24) is 10.2 Å². The average Bonchev–Trinajstić information content (AvgIpc) is 2.48. The Kier molecular flexibility index (Phi) is 7.88. The van der Waals surface area contributed by atoms with E-state index in [1.54, 1.807) is 12.1 Å². The highest BCUT2D eigenvalue weighted by Gasteiger charge is 2.12. The van der Waals surface area contributed by atoms with Crippen molar-refractivity contribution in [3.63, 3.8) is 0 Å². The molecule has 0 fully saturated rings. The van der Waals surface area contributed by atoms with Gasteiger partial charge >= 0.3 is 0 Å². The van der Waals surface area contributed by atoms with Gasteiger partial charge < -0.3 is 4.90 Å². The van der Waals surface area contributed by atoms with Crippen LogP contribution in [0.1, 0.15) is 49.9 Å². The summed E-state index contributed by atoms with van der Waals surface area (Å²) in [5.74, 6) is -0.131. The second-order valence-corrected chi connectivity index (χ2v) is 5.21. The molecule has 1 aromatic rings. The van der Waals surface area contributed by atoms with Crippen LogP contribution in [0.4, 0.5) is 0 Å². The largest absolute Gasteiger partial charge is 0.349 e. The monoisotopic (exact) mass is 292 g/mol. The Morgan fingerprint density at radius 3 is 2.15 bits per heavy atom. The fourth-order valence-electron chi connectivity index (χ4n) is 1.85. The van der Waals surface area contributed by atoms with Gasteiger partial charge in [-0.1, -0.05) is 44.9 Å². The summed E-state index contributed by atoms with van der Waals surface area (Å²) in [6.07, 6.45) is 4.42. The molecule has 0 heterocycles. The van der Waals surface area contributed by atoms with E-state index in [1.165, 1.54) is 0 Å². The number of nitrogens with one attached hydrogen (secondary N) is 1. The quantitative estimate of drug-likeness (QED) is 0.779. The maximum Gasteiger partial charge on any atom is 0.257 e. The molecule has 1 N–H and O–H groups in total. The molecular weight excluding hydrogens is 268 g/mol. The van der Waals surface area contributed by atoms with Crippen LogP contribution in [0.5, 0.6) is 0 Å². The van der Waals surface area contributed by atoms with Crippen molar-refractivity contribution in [3.05, 3.63) is 35.9 Å². The lowest BCUT2D eigenvalue weighted by molar-refractivity contribution is 0.0973. The van der Waals surface area contributed by atoms with Crippen LogP contribution < -0.4 is 5.32 Å². The standard InChI is InChI=1S/C16H24N2OS/c1-3-5-12-18(13-6-4-2)16(20)17-15(19)14-10-8-7-9-11-14/h7-11H,3-6,12-13H2,1-2H3,(H,17,19,20). The molecule has 1 rings (SSSR count). The van der Waals surface area contributed by atoms with Gasteiger partial charge in [0.25, 0.3) is 5.91 Å². The van der Waals surface area contributed by atoms with Crippen LogP contribution in [0.3, 0.4) is 0 Å². The van der Waals surface area contributed by atoms with E-state index in [2.05, 4.69) is 24.1 Å². The van der Waals surface area contributed by atoms with Crippen molar-refractivity contribution >= 4 is 23.2 Å². The van der Waals surface area contributed by atoms with E-state index in [9.17, 15) is 4.79 Å². The molecule has 110 valence electrons. The minimum absolute atomic E-state index is 0.131. The number of carbonyl (C=O) groups excluding carboxylic acids is 1. The van der Waals surface area contributed by atoms with Crippen LogP contribution in [0.25, 0.3) is 0 Å². The van der Waals surface area contributed by atoms with Crippen LogP contribution in [-0.4, -0.2) is 29.0 Å². The topological polar surface area (TPSA) is 32.3 Å². The summed E-state index contributed by atoms with van der Waals surface area (Å²) in [5, 5.41) is 3.37. The zero-order valence-corrected chi connectivity index (χ0v) is 13.2. The number of hydrogen-bond acceptors (Lipinski definition) is 2. The fourth-order valence-corrected chi connectivity index (χ4v) is 2.13. The van der Waals surface area contributed by atoms with Gasteiger partial charge in [0.05, 0.1) is 0 Å². The molecule has 3 nitrogen and oxygen atoms in total. The van der Waals surface area contributed by atoms with Gasteiger partial charge in [0, 0.05) is 18.7 Å². The maximum absolute atomic E-state index is 12.1. The van der Waals surface area contributed by atoms with E-state index in [4.69, 9.17) is 12.2 Å². The third-order valence-corrected chi connectivity index (χ3v) is 3.47. The fraction of sp³-hybridized carbons (Fsp3) is 0.500. The molecule has 0 saturated heterocycles. The van der Waals surface area contributed by atoms with Crippen LogP contribution in [0, 0.1) is 0 Å². The minimum Gasteiger partial charge on any atom is -0.349 e. The molecular formula is C16H24N2OS. The van der Waals surface area contributed by atoms with E-state index in [0.29, 0.717) is 10.7 Å². The average molecular weight is 292 g/mol. The van der Waals surface area contributed by atoms with Crippen molar-refractivity contribution < 1.29 is 4.79 Å². The first-order valence-corrected chi connectivity index (χ1v) is 7.75. The second-order valence-electron chi connectivity index (χ2n) is 4.82. The number of unbranched alkanes of at least 4 members (excludes halogenated alkanes) is 2. The predicted octanol–water partition coefficient (Wildman–Crippen LogP) is 3.60. The molecule has 1 aromatic carbocycles. The van der Waals surface area contributed by atoms with Gasteiger partial charge in [-0.3, -0.25) is 10.1 Å². The Morgan fingerprint density at radius 2 is 1.65 bits per heavy atom. The summed E-state index contributed by atoms with van der Waals surface area (Å²) < 4.78 is 0. The summed E-state index contributed by atoms with van der Waals surface area (Å²) in [5.41, 5.74) is 0.640. The van der Waals surface area contributed by atoms with Gasteiger partial charge in [-0.25, -0.2) is 0 Å². The van der Waals surface area contributed by atoms with Gasteiger partial charge in [-0.15, -0.1) is 0 Å². The van der Waals surface area contributed by atoms with E-state index >= 15 is 0 Å². The molecule has 20 heavy (non-hydrogen) atoms. The van der Waals surface area contributed by atoms with E-state index in [0.717, 1.165) is 38.8 Å². The first-order valence-electron chi connectivity index (χ1n) is 7.34. The lowest BCUT2D eigenvalue weighted by Crippen LogP contribution is -2.43. The Morgan fingerprint density at radius 1 is 1.10 bits per heavy atom. The number of amides is 1. The smallest absolute Gasteiger partial charge is 0.257 e. The molecule has 0 atom stereocenters. The van der Waals surface area contributed by atoms with Crippen LogP contribution in [0.2, 0.25) is 0 Å². The number of rotatable bonds is 7. The van der Waals surface area contributed by atoms with Crippen LogP contribution in [-0.2, 0) is 0 Å². The SMILES string of the molecule is CCCCN(CCCC)C(=S)NC(=O)c1ccccc1. The molecule has 0 aliphatic rings. The van der Waals surface area contributed by atoms with Crippen molar-refractivity contribution in [3.8, 4) is 0 Å². The van der Waals surface area contributed by atoms with Gasteiger partial charge in [0.1, 0.15) is 0 Å². The van der Waals surface area contributed by atoms with Gasteiger partial charge in [0.2, 0.25) is 0 Å². The lowest BCUT2D eigenvalue weighted by atomic mass is 10.2. The molecule has 0 unspecified atom stereocenters. The minimum atomic E-state index is -0.131.